The van der Waals surface area contributed by atoms with Gasteiger partial charge in [0.15, 0.2) is 18.2 Å². The Morgan fingerprint density at radius 1 is 1.30 bits per heavy atom. The number of ether oxygens (including phenoxy) is 3. The van der Waals surface area contributed by atoms with Crippen molar-refractivity contribution in [1.82, 2.24) is 0 Å². The highest BCUT2D eigenvalue weighted by molar-refractivity contribution is 5.67. The summed E-state index contributed by atoms with van der Waals surface area (Å²) in [6.07, 6.45) is -4.93. The second-order valence-corrected chi connectivity index (χ2v) is 5.60. The van der Waals surface area contributed by atoms with Crippen LogP contribution in [0.5, 0.6) is 0 Å². The summed E-state index contributed by atoms with van der Waals surface area (Å²) in [7, 11) is 1.21. The fourth-order valence-electron chi connectivity index (χ4n) is 3.37. The Bertz CT molecular complexity index is 414. The van der Waals surface area contributed by atoms with Crippen molar-refractivity contribution in [2.24, 2.45) is 0 Å². The Morgan fingerprint density at radius 2 is 1.90 bits per heavy atom. The maximum atomic E-state index is 11.3. The number of carbonyl (C=O) groups is 1. The van der Waals surface area contributed by atoms with Crippen LogP contribution in [-0.2, 0) is 19.0 Å². The van der Waals surface area contributed by atoms with Gasteiger partial charge in [-0.25, -0.2) is 0 Å². The molecule has 1 aliphatic heterocycles. The average molecular weight is 292 g/mol. The molecule has 2 rings (SSSR count). The van der Waals surface area contributed by atoms with Crippen molar-refractivity contribution in [3.63, 3.8) is 0 Å². The van der Waals surface area contributed by atoms with Crippen LogP contribution < -0.4 is 0 Å². The van der Waals surface area contributed by atoms with Crippen LogP contribution >= 0.6 is 0 Å². The molecule has 6 atom stereocenters. The van der Waals surface area contributed by atoms with Crippen LogP contribution in [0.25, 0.3) is 0 Å². The summed E-state index contributed by atoms with van der Waals surface area (Å²) in [6.45, 7) is 2.53. The normalized spacial score (nSPS) is 51.6. The Labute approximate surface area is 115 Å². The van der Waals surface area contributed by atoms with Gasteiger partial charge in [0.05, 0.1) is 6.10 Å². The molecule has 8 nitrogen and oxygen atoms in total. The van der Waals surface area contributed by atoms with Crippen LogP contribution in [-0.4, -0.2) is 69.0 Å². The maximum absolute atomic E-state index is 11.3. The lowest BCUT2D eigenvalue weighted by molar-refractivity contribution is -0.389. The van der Waals surface area contributed by atoms with Gasteiger partial charge < -0.3 is 34.6 Å². The topological polar surface area (TPSA) is 126 Å². The van der Waals surface area contributed by atoms with Crippen molar-refractivity contribution in [1.29, 1.82) is 0 Å². The van der Waals surface area contributed by atoms with E-state index >= 15 is 0 Å². The van der Waals surface area contributed by atoms with Crippen LogP contribution in [0.3, 0.4) is 0 Å². The number of esters is 1. The van der Waals surface area contributed by atoms with E-state index in [0.717, 1.165) is 6.92 Å². The van der Waals surface area contributed by atoms with Gasteiger partial charge in [-0.2, -0.15) is 0 Å². The molecule has 4 N–H and O–H groups in total. The second kappa shape index (κ2) is 4.62. The highest BCUT2D eigenvalue weighted by atomic mass is 16.7. The van der Waals surface area contributed by atoms with E-state index in [2.05, 4.69) is 0 Å². The van der Waals surface area contributed by atoms with Crippen LogP contribution in [0.4, 0.5) is 0 Å². The molecule has 0 aromatic heterocycles. The fraction of sp³-hybridized carbons (Fsp3) is 0.917. The van der Waals surface area contributed by atoms with Crippen LogP contribution in [0.1, 0.15) is 26.7 Å². The van der Waals surface area contributed by atoms with Gasteiger partial charge >= 0.3 is 5.97 Å². The molecule has 6 unspecified atom stereocenters. The summed E-state index contributed by atoms with van der Waals surface area (Å²) in [6, 6.07) is 0. The van der Waals surface area contributed by atoms with Crippen molar-refractivity contribution in [2.75, 3.05) is 7.11 Å². The predicted molar refractivity (Wildman–Crippen MR) is 63.2 cm³/mol. The first-order chi connectivity index (χ1) is 9.10. The minimum atomic E-state index is -2.21. The van der Waals surface area contributed by atoms with Crippen molar-refractivity contribution in [2.45, 2.75) is 62.2 Å². The molecular weight excluding hydrogens is 272 g/mol. The molecule has 1 saturated heterocycles. The molecule has 2 aliphatic rings. The third-order valence-electron chi connectivity index (χ3n) is 4.29. The standard InChI is InChI=1S/C12H20O8/c1-6(13)20-10(2)4-7(14)11(16)5-8(15)19-9(18-3)12(10,11)17/h7-9,14-17H,4-5H2,1-3H3. The number of hydrogen-bond donors (Lipinski definition) is 4. The van der Waals surface area contributed by atoms with Crippen LogP contribution in [0.15, 0.2) is 0 Å². The first-order valence-electron chi connectivity index (χ1n) is 6.29. The Hall–Kier alpha value is -0.770. The molecule has 2 fully saturated rings. The Morgan fingerprint density at radius 3 is 2.40 bits per heavy atom. The quantitative estimate of drug-likeness (QED) is 0.441. The average Bonchev–Trinajstić information content (AvgIpc) is 2.45. The summed E-state index contributed by atoms with van der Waals surface area (Å²) < 4.78 is 15.2. The van der Waals surface area contributed by atoms with Gasteiger partial charge in [0, 0.05) is 26.9 Å². The van der Waals surface area contributed by atoms with E-state index in [0.29, 0.717) is 0 Å². The van der Waals surface area contributed by atoms with Crippen molar-refractivity contribution >= 4 is 5.97 Å². The van der Waals surface area contributed by atoms with Crippen molar-refractivity contribution in [3.05, 3.63) is 0 Å². The van der Waals surface area contributed by atoms with Gasteiger partial charge in [-0.1, -0.05) is 0 Å². The van der Waals surface area contributed by atoms with Crippen molar-refractivity contribution in [3.8, 4) is 0 Å². The Kier molecular flexibility index (Phi) is 3.61. The van der Waals surface area contributed by atoms with E-state index in [4.69, 9.17) is 14.2 Å². The third kappa shape index (κ3) is 1.80. The molecule has 0 spiro atoms. The molecule has 8 heteroatoms. The lowest BCUT2D eigenvalue weighted by Crippen LogP contribution is -2.74. The third-order valence-corrected chi connectivity index (χ3v) is 4.29. The SMILES string of the molecule is COC1OC(O)CC2(O)C(O)CC(C)(OC(C)=O)C12O. The highest BCUT2D eigenvalue weighted by Crippen LogP contribution is 2.55. The van der Waals surface area contributed by atoms with E-state index < -0.39 is 47.9 Å². The molecule has 116 valence electrons. The zero-order chi connectivity index (χ0) is 15.3. The molecule has 0 amide bonds. The lowest BCUT2D eigenvalue weighted by atomic mass is 9.74. The van der Waals surface area contributed by atoms with Crippen LogP contribution in [0.2, 0.25) is 0 Å². The van der Waals surface area contributed by atoms with Gasteiger partial charge in [-0.15, -0.1) is 0 Å². The summed E-state index contributed by atoms with van der Waals surface area (Å²) in [4.78, 5) is 11.3. The maximum Gasteiger partial charge on any atom is 0.303 e. The smallest absolute Gasteiger partial charge is 0.303 e. The van der Waals surface area contributed by atoms with E-state index in [1.54, 1.807) is 0 Å². The summed E-state index contributed by atoms with van der Waals surface area (Å²) in [5.41, 5.74) is -5.94. The largest absolute Gasteiger partial charge is 0.456 e. The molecule has 1 heterocycles. The number of carbonyl (C=O) groups excluding carboxylic acids is 1. The molecular formula is C12H20O8. The predicted octanol–water partition coefficient (Wildman–Crippen LogP) is -1.75. The second-order valence-electron chi connectivity index (χ2n) is 5.60. The number of aliphatic hydroxyl groups excluding tert-OH is 2. The fourth-order valence-corrected chi connectivity index (χ4v) is 3.37. The first-order valence-corrected chi connectivity index (χ1v) is 6.29. The van der Waals surface area contributed by atoms with E-state index in [1.165, 1.54) is 14.0 Å². The van der Waals surface area contributed by atoms with Crippen molar-refractivity contribution < 1.29 is 39.4 Å². The molecule has 1 aliphatic carbocycles. The number of hydrogen-bond acceptors (Lipinski definition) is 8. The summed E-state index contributed by atoms with van der Waals surface area (Å²) >= 11 is 0. The monoisotopic (exact) mass is 292 g/mol. The van der Waals surface area contributed by atoms with Gasteiger partial charge in [-0.3, -0.25) is 4.79 Å². The zero-order valence-corrected chi connectivity index (χ0v) is 11.6. The summed E-state index contributed by atoms with van der Waals surface area (Å²) in [5.74, 6) is -0.682. The molecule has 20 heavy (non-hydrogen) atoms. The molecule has 0 bridgehead atoms. The van der Waals surface area contributed by atoms with E-state index in [-0.39, 0.29) is 6.42 Å². The molecule has 0 radical (unpaired) electrons. The minimum absolute atomic E-state index is 0.213. The minimum Gasteiger partial charge on any atom is -0.456 e. The molecule has 0 aromatic rings. The van der Waals surface area contributed by atoms with E-state index in [9.17, 15) is 25.2 Å². The van der Waals surface area contributed by atoms with Gasteiger partial charge in [-0.05, 0) is 6.92 Å². The van der Waals surface area contributed by atoms with Gasteiger partial charge in [0.2, 0.25) is 0 Å². The molecule has 1 saturated carbocycles. The lowest BCUT2D eigenvalue weighted by Gasteiger charge is -2.52. The number of aliphatic hydroxyl groups is 4. The van der Waals surface area contributed by atoms with E-state index in [1.807, 2.05) is 0 Å². The number of methoxy groups -OCH3 is 1. The zero-order valence-electron chi connectivity index (χ0n) is 11.6. The highest BCUT2D eigenvalue weighted by Gasteiger charge is 2.77. The first kappa shape index (κ1) is 15.6. The van der Waals surface area contributed by atoms with Gasteiger partial charge in [0.25, 0.3) is 0 Å². The number of fused-ring (bicyclic) bond motifs is 1. The van der Waals surface area contributed by atoms with Gasteiger partial charge in [0.1, 0.15) is 11.2 Å². The van der Waals surface area contributed by atoms with Crippen LogP contribution in [0, 0.1) is 0 Å². The Balaban J connectivity index is 2.52. The summed E-state index contributed by atoms with van der Waals surface area (Å²) in [5, 5.41) is 41.3. The molecule has 0 aromatic carbocycles. The number of rotatable bonds is 2.